The second-order valence-electron chi connectivity index (χ2n) is 9.63. The van der Waals surface area contributed by atoms with Gasteiger partial charge in [0.2, 0.25) is 5.91 Å². The number of ether oxygens (including phenoxy) is 3. The molecule has 0 aliphatic carbocycles. The van der Waals surface area contributed by atoms with E-state index in [9.17, 15) is 4.79 Å². The maximum Gasteiger partial charge on any atom is 0.227 e. The monoisotopic (exact) mass is 519 g/mol. The predicted molar refractivity (Wildman–Crippen MR) is 139 cm³/mol. The molecule has 5 nitrogen and oxygen atoms in total. The van der Waals surface area contributed by atoms with E-state index in [1.54, 1.807) is 7.11 Å². The zero-order valence-electron chi connectivity index (χ0n) is 20.4. The molecular formula is C28H35Cl2NO4. The van der Waals surface area contributed by atoms with E-state index < -0.39 is 0 Å². The Balaban J connectivity index is 1.47. The minimum Gasteiger partial charge on any atom is -0.497 e. The van der Waals surface area contributed by atoms with Gasteiger partial charge in [-0.25, -0.2) is 0 Å². The van der Waals surface area contributed by atoms with E-state index >= 15 is 0 Å². The molecule has 0 aromatic heterocycles. The van der Waals surface area contributed by atoms with Crippen molar-refractivity contribution in [3.63, 3.8) is 0 Å². The second-order valence-corrected chi connectivity index (χ2v) is 10.4. The highest BCUT2D eigenvalue weighted by Gasteiger charge is 2.38. The summed E-state index contributed by atoms with van der Waals surface area (Å²) in [6, 6.07) is 13.6. The highest BCUT2D eigenvalue weighted by Crippen LogP contribution is 2.40. The summed E-state index contributed by atoms with van der Waals surface area (Å²) in [5.74, 6) is 0.898. The molecule has 2 aliphatic rings. The third kappa shape index (κ3) is 6.91. The number of carbonyl (C=O) groups is 1. The van der Waals surface area contributed by atoms with Gasteiger partial charge in [-0.1, -0.05) is 41.4 Å². The van der Waals surface area contributed by atoms with Crippen LogP contribution in [0.5, 0.6) is 5.75 Å². The zero-order valence-corrected chi connectivity index (χ0v) is 22.0. The predicted octanol–water partition coefficient (Wildman–Crippen LogP) is 6.43. The van der Waals surface area contributed by atoms with Gasteiger partial charge in [-0.05, 0) is 80.3 Å². The fourth-order valence-corrected chi connectivity index (χ4v) is 5.59. The van der Waals surface area contributed by atoms with Gasteiger partial charge < -0.3 is 19.1 Å². The number of halogens is 2. The lowest BCUT2D eigenvalue weighted by molar-refractivity contribution is -0.163. The SMILES string of the molecule is COc1cccc(CC(=O)N2CCCC(CCCOC3CCCCO3)(c3ccc(Cl)c(Cl)c3)C2)c1. The minimum atomic E-state index is -0.187. The van der Waals surface area contributed by atoms with Crippen LogP contribution in [-0.2, 0) is 26.1 Å². The van der Waals surface area contributed by atoms with Crippen molar-refractivity contribution < 1.29 is 19.0 Å². The molecule has 2 atom stereocenters. The molecule has 2 unspecified atom stereocenters. The van der Waals surface area contributed by atoms with Gasteiger partial charge in [-0.3, -0.25) is 4.79 Å². The number of hydrogen-bond acceptors (Lipinski definition) is 4. The van der Waals surface area contributed by atoms with E-state index in [1.807, 2.05) is 41.3 Å². The molecule has 2 heterocycles. The molecule has 0 spiro atoms. The molecule has 2 aliphatic heterocycles. The molecular weight excluding hydrogens is 485 g/mol. The maximum absolute atomic E-state index is 13.3. The Hall–Kier alpha value is -1.79. The van der Waals surface area contributed by atoms with Crippen molar-refractivity contribution in [3.8, 4) is 5.75 Å². The molecule has 7 heteroatoms. The number of hydrogen-bond donors (Lipinski definition) is 0. The van der Waals surface area contributed by atoms with Crippen molar-refractivity contribution in [1.82, 2.24) is 4.90 Å². The third-order valence-corrected chi connectivity index (χ3v) is 7.93. The Morgan fingerprint density at radius 3 is 2.80 bits per heavy atom. The summed E-state index contributed by atoms with van der Waals surface area (Å²) in [5, 5.41) is 1.10. The van der Waals surface area contributed by atoms with Gasteiger partial charge in [0.1, 0.15) is 5.75 Å². The van der Waals surface area contributed by atoms with Crippen molar-refractivity contribution >= 4 is 29.1 Å². The van der Waals surface area contributed by atoms with Crippen LogP contribution in [0.15, 0.2) is 42.5 Å². The molecule has 2 fully saturated rings. The first-order chi connectivity index (χ1) is 17.0. The van der Waals surface area contributed by atoms with Gasteiger partial charge in [0.25, 0.3) is 0 Å². The van der Waals surface area contributed by atoms with E-state index in [4.69, 9.17) is 37.4 Å². The number of amides is 1. The molecule has 190 valence electrons. The van der Waals surface area contributed by atoms with Gasteiger partial charge in [0.15, 0.2) is 6.29 Å². The quantitative estimate of drug-likeness (QED) is 0.358. The number of benzene rings is 2. The second kappa shape index (κ2) is 12.4. The number of methoxy groups -OCH3 is 1. The van der Waals surface area contributed by atoms with Crippen LogP contribution in [0, 0.1) is 0 Å². The van der Waals surface area contributed by atoms with Crippen LogP contribution in [0.1, 0.15) is 56.1 Å². The summed E-state index contributed by atoms with van der Waals surface area (Å²) >= 11 is 12.7. The van der Waals surface area contributed by atoms with Gasteiger partial charge >= 0.3 is 0 Å². The van der Waals surface area contributed by atoms with Crippen LogP contribution in [0.3, 0.4) is 0 Å². The summed E-state index contributed by atoms with van der Waals surface area (Å²) in [5.41, 5.74) is 1.91. The highest BCUT2D eigenvalue weighted by molar-refractivity contribution is 6.42. The molecule has 0 radical (unpaired) electrons. The smallest absolute Gasteiger partial charge is 0.227 e. The number of rotatable bonds is 9. The Labute approximate surface area is 218 Å². The summed E-state index contributed by atoms with van der Waals surface area (Å²) in [6.07, 6.45) is 7.23. The average Bonchev–Trinajstić information content (AvgIpc) is 2.89. The molecule has 35 heavy (non-hydrogen) atoms. The largest absolute Gasteiger partial charge is 0.497 e. The van der Waals surface area contributed by atoms with Crippen LogP contribution < -0.4 is 4.74 Å². The lowest BCUT2D eigenvalue weighted by Crippen LogP contribution is -2.49. The van der Waals surface area contributed by atoms with Crippen molar-refractivity contribution in [2.24, 2.45) is 0 Å². The first-order valence-electron chi connectivity index (χ1n) is 12.6. The van der Waals surface area contributed by atoms with Crippen LogP contribution in [0.2, 0.25) is 10.0 Å². The van der Waals surface area contributed by atoms with E-state index in [1.165, 1.54) is 0 Å². The van der Waals surface area contributed by atoms with E-state index in [2.05, 4.69) is 6.07 Å². The van der Waals surface area contributed by atoms with Crippen LogP contribution in [0.25, 0.3) is 0 Å². The Morgan fingerprint density at radius 1 is 1.14 bits per heavy atom. The maximum atomic E-state index is 13.3. The standard InChI is InChI=1S/C28H35Cl2NO4/c1-33-23-8-4-7-21(17-23)18-26(32)31-14-5-12-28(20-31,22-10-11-24(29)25(30)19-22)13-6-16-35-27-9-2-3-15-34-27/h4,7-8,10-11,17,19,27H,2-3,5-6,9,12-16,18,20H2,1H3. The highest BCUT2D eigenvalue weighted by atomic mass is 35.5. The third-order valence-electron chi connectivity index (χ3n) is 7.19. The molecule has 2 saturated heterocycles. The van der Waals surface area contributed by atoms with Gasteiger partial charge in [0.05, 0.1) is 23.6 Å². The Bertz CT molecular complexity index is 995. The van der Waals surface area contributed by atoms with E-state index in [-0.39, 0.29) is 17.6 Å². The molecule has 4 rings (SSSR count). The summed E-state index contributed by atoms with van der Waals surface area (Å²) in [4.78, 5) is 15.4. The topological polar surface area (TPSA) is 48.0 Å². The first kappa shape index (κ1) is 26.3. The molecule has 0 bridgehead atoms. The van der Waals surface area contributed by atoms with Gasteiger partial charge in [-0.2, -0.15) is 0 Å². The van der Waals surface area contributed by atoms with Gasteiger partial charge in [0, 0.05) is 31.7 Å². The molecule has 0 saturated carbocycles. The molecule has 2 aromatic carbocycles. The van der Waals surface area contributed by atoms with Crippen molar-refractivity contribution in [3.05, 3.63) is 63.6 Å². The number of likely N-dealkylation sites (tertiary alicyclic amines) is 1. The average molecular weight is 520 g/mol. The molecule has 0 N–H and O–H groups in total. The van der Waals surface area contributed by atoms with Crippen LogP contribution >= 0.6 is 23.2 Å². The Kier molecular flexibility index (Phi) is 9.34. The zero-order chi connectivity index (χ0) is 24.7. The lowest BCUT2D eigenvalue weighted by Gasteiger charge is -2.44. The van der Waals surface area contributed by atoms with Gasteiger partial charge in [-0.15, -0.1) is 0 Å². The number of nitrogens with zero attached hydrogens (tertiary/aromatic N) is 1. The normalized spacial score (nSPS) is 22.7. The van der Waals surface area contributed by atoms with E-state index in [0.717, 1.165) is 75.0 Å². The summed E-state index contributed by atoms with van der Waals surface area (Å²) in [7, 11) is 1.64. The number of piperidine rings is 1. The van der Waals surface area contributed by atoms with Crippen LogP contribution in [0.4, 0.5) is 0 Å². The molecule has 1 amide bonds. The molecule has 2 aromatic rings. The summed E-state index contributed by atoms with van der Waals surface area (Å²) in [6.45, 7) is 2.85. The van der Waals surface area contributed by atoms with E-state index in [0.29, 0.717) is 29.6 Å². The van der Waals surface area contributed by atoms with Crippen molar-refractivity contribution in [1.29, 1.82) is 0 Å². The number of carbonyl (C=O) groups excluding carboxylic acids is 1. The summed E-state index contributed by atoms with van der Waals surface area (Å²) < 4.78 is 17.0. The Morgan fingerprint density at radius 2 is 2.03 bits per heavy atom. The van der Waals surface area contributed by atoms with Crippen molar-refractivity contribution in [2.75, 3.05) is 33.4 Å². The fraction of sp³-hybridized carbons (Fsp3) is 0.536. The fourth-order valence-electron chi connectivity index (χ4n) is 5.29. The van der Waals surface area contributed by atoms with Crippen molar-refractivity contribution in [2.45, 2.75) is 63.1 Å². The first-order valence-corrected chi connectivity index (χ1v) is 13.3. The lowest BCUT2D eigenvalue weighted by atomic mass is 9.71. The minimum absolute atomic E-state index is 0.0861. The van der Waals surface area contributed by atoms with Crippen LogP contribution in [-0.4, -0.2) is 50.5 Å².